The molecule has 0 aliphatic rings. The minimum Gasteiger partial charge on any atom is -0.324 e. The quantitative estimate of drug-likeness (QED) is 0.569. The standard InChI is InChI=1S/C4H11O3P.C4H11OP.5CH4/c1-4-8(5,6-2)7-3;1-4-6(2,3)5;;;;;/h4H2,1-3H3;4H2,1-3H3;5*1H4. The van der Waals surface area contributed by atoms with Crippen LogP contribution in [0, 0.1) is 0 Å². The van der Waals surface area contributed by atoms with Gasteiger partial charge in [0.15, 0.2) is 0 Å². The molecule has 6 heteroatoms. The van der Waals surface area contributed by atoms with Crippen LogP contribution < -0.4 is 0 Å². The molecule has 0 aromatic heterocycles. The Labute approximate surface area is 124 Å². The normalized spacial score (nSPS) is 8.74. The van der Waals surface area contributed by atoms with Crippen molar-refractivity contribution in [3.05, 3.63) is 0 Å². The molecule has 0 aromatic carbocycles. The Kier molecular flexibility index (Phi) is 46.5. The van der Waals surface area contributed by atoms with E-state index in [1.807, 2.05) is 6.92 Å². The molecule has 0 heterocycles. The molecular weight excluding hydrogens is 282 g/mol. The van der Waals surface area contributed by atoms with Crippen LogP contribution in [0.5, 0.6) is 0 Å². The van der Waals surface area contributed by atoms with Crippen LogP contribution in [0.25, 0.3) is 0 Å². The summed E-state index contributed by atoms with van der Waals surface area (Å²) in [6.45, 7) is 7.30. The van der Waals surface area contributed by atoms with E-state index in [1.165, 1.54) is 14.2 Å². The van der Waals surface area contributed by atoms with Crippen LogP contribution in [0.3, 0.4) is 0 Å². The van der Waals surface area contributed by atoms with Gasteiger partial charge in [0.05, 0.1) is 7.14 Å². The number of hydrogen-bond donors (Lipinski definition) is 0. The topological polar surface area (TPSA) is 52.6 Å². The molecule has 0 aliphatic heterocycles. The van der Waals surface area contributed by atoms with E-state index in [0.29, 0.717) is 6.16 Å². The first-order chi connectivity index (χ1) is 6.24. The molecule has 0 atom stereocenters. The van der Waals surface area contributed by atoms with Gasteiger partial charge in [-0.25, -0.2) is 0 Å². The Hall–Kier alpha value is 0.380. The molecule has 0 saturated carbocycles. The summed E-state index contributed by atoms with van der Waals surface area (Å²) in [6, 6.07) is 0. The van der Waals surface area contributed by atoms with Crippen molar-refractivity contribution in [1.29, 1.82) is 0 Å². The Bertz CT molecular complexity index is 206. The summed E-state index contributed by atoms with van der Waals surface area (Å²) in [5, 5.41) is 0. The lowest BCUT2D eigenvalue weighted by atomic mass is 11.0. The van der Waals surface area contributed by atoms with E-state index in [1.54, 1.807) is 20.3 Å². The molecule has 19 heavy (non-hydrogen) atoms. The summed E-state index contributed by atoms with van der Waals surface area (Å²) in [4.78, 5) is 0. The molecule has 0 radical (unpaired) electrons. The third-order valence-electron chi connectivity index (χ3n) is 1.71. The van der Waals surface area contributed by atoms with Crippen molar-refractivity contribution in [2.75, 3.05) is 39.9 Å². The van der Waals surface area contributed by atoms with E-state index >= 15 is 0 Å². The van der Waals surface area contributed by atoms with Gasteiger partial charge in [-0.05, 0) is 19.5 Å². The zero-order valence-electron chi connectivity index (χ0n) is 9.94. The molecule has 0 N–H and O–H groups in total. The van der Waals surface area contributed by atoms with Gasteiger partial charge in [-0.15, -0.1) is 0 Å². The van der Waals surface area contributed by atoms with Crippen LogP contribution in [0.1, 0.15) is 51.0 Å². The number of rotatable bonds is 4. The fraction of sp³-hybridized carbons (Fsp3) is 1.00. The predicted octanol–water partition coefficient (Wildman–Crippen LogP) is 6.30. The van der Waals surface area contributed by atoms with Crippen LogP contribution in [0.15, 0.2) is 0 Å². The maximum Gasteiger partial charge on any atom is 0.329 e. The van der Waals surface area contributed by atoms with E-state index in [2.05, 4.69) is 9.05 Å². The molecule has 0 unspecified atom stereocenters. The molecule has 0 fully saturated rings. The lowest BCUT2D eigenvalue weighted by Crippen LogP contribution is -1.89. The van der Waals surface area contributed by atoms with Gasteiger partial charge in [0, 0.05) is 20.4 Å². The van der Waals surface area contributed by atoms with Crippen molar-refractivity contribution in [3.8, 4) is 0 Å². The molecule has 128 valence electrons. The van der Waals surface area contributed by atoms with Crippen LogP contribution in [0.4, 0.5) is 0 Å². The molecule has 0 rings (SSSR count). The highest BCUT2D eigenvalue weighted by Crippen LogP contribution is 2.45. The minimum atomic E-state index is -2.66. The second-order valence-electron chi connectivity index (χ2n) is 3.18. The van der Waals surface area contributed by atoms with E-state index in [-0.39, 0.29) is 37.1 Å². The van der Waals surface area contributed by atoms with E-state index in [9.17, 15) is 9.13 Å². The zero-order chi connectivity index (χ0) is 11.8. The highest BCUT2D eigenvalue weighted by molar-refractivity contribution is 7.62. The highest BCUT2D eigenvalue weighted by atomic mass is 31.2. The average molecular weight is 324 g/mol. The summed E-state index contributed by atoms with van der Waals surface area (Å²) in [7, 11) is -1.54. The molecule has 0 aliphatic carbocycles. The van der Waals surface area contributed by atoms with Crippen LogP contribution in [-0.2, 0) is 18.2 Å². The van der Waals surface area contributed by atoms with Crippen LogP contribution in [-0.4, -0.2) is 39.9 Å². The van der Waals surface area contributed by atoms with Crippen molar-refractivity contribution in [1.82, 2.24) is 0 Å². The Morgan fingerprint density at radius 2 is 0.947 bits per heavy atom. The number of hydrogen-bond acceptors (Lipinski definition) is 4. The van der Waals surface area contributed by atoms with Crippen molar-refractivity contribution in [2.45, 2.75) is 51.0 Å². The van der Waals surface area contributed by atoms with E-state index in [0.717, 1.165) is 6.16 Å². The van der Waals surface area contributed by atoms with Crippen LogP contribution >= 0.6 is 14.7 Å². The monoisotopic (exact) mass is 324 g/mol. The van der Waals surface area contributed by atoms with E-state index < -0.39 is 14.7 Å². The lowest BCUT2D eigenvalue weighted by molar-refractivity contribution is 0.277. The maximum atomic E-state index is 10.9. The largest absolute Gasteiger partial charge is 0.329 e. The van der Waals surface area contributed by atoms with Gasteiger partial charge in [0.2, 0.25) is 0 Å². The first-order valence-electron chi connectivity index (χ1n) is 4.49. The second kappa shape index (κ2) is 20.7. The van der Waals surface area contributed by atoms with Gasteiger partial charge in [-0.3, -0.25) is 4.57 Å². The van der Waals surface area contributed by atoms with Crippen molar-refractivity contribution >= 4 is 14.7 Å². The molecule has 0 bridgehead atoms. The van der Waals surface area contributed by atoms with Gasteiger partial charge in [-0.2, -0.15) is 0 Å². The summed E-state index contributed by atoms with van der Waals surface area (Å²) >= 11 is 0. The van der Waals surface area contributed by atoms with Gasteiger partial charge in [0.1, 0.15) is 0 Å². The Morgan fingerprint density at radius 1 is 0.737 bits per heavy atom. The van der Waals surface area contributed by atoms with Crippen molar-refractivity contribution in [2.24, 2.45) is 0 Å². The van der Waals surface area contributed by atoms with Gasteiger partial charge >= 0.3 is 7.60 Å². The molecule has 0 aromatic rings. The predicted molar refractivity (Wildman–Crippen MR) is 95.8 cm³/mol. The average Bonchev–Trinajstić information content (AvgIpc) is 2.16. The lowest BCUT2D eigenvalue weighted by Gasteiger charge is -2.08. The Morgan fingerprint density at radius 3 is 0.947 bits per heavy atom. The summed E-state index contributed by atoms with van der Waals surface area (Å²) in [5.41, 5.74) is 0. The first kappa shape index (κ1) is 42.7. The van der Waals surface area contributed by atoms with E-state index in [4.69, 9.17) is 0 Å². The molecular formula is C13H42O4P2. The molecule has 0 amide bonds. The second-order valence-corrected chi connectivity index (χ2v) is 9.55. The summed E-state index contributed by atoms with van der Waals surface area (Å²) < 4.78 is 30.6. The smallest absolute Gasteiger partial charge is 0.324 e. The fourth-order valence-corrected chi connectivity index (χ4v) is 0.998. The van der Waals surface area contributed by atoms with Gasteiger partial charge in [0.25, 0.3) is 0 Å². The molecule has 0 saturated heterocycles. The van der Waals surface area contributed by atoms with Gasteiger partial charge < -0.3 is 13.6 Å². The third kappa shape index (κ3) is 32.2. The summed E-state index contributed by atoms with van der Waals surface area (Å²) in [6.07, 6.45) is 1.26. The third-order valence-corrected chi connectivity index (χ3v) is 5.12. The fourth-order valence-electron chi connectivity index (χ4n) is 0.333. The zero-order valence-corrected chi connectivity index (χ0v) is 11.7. The molecule has 0 spiro atoms. The Balaban J connectivity index is -0.0000000245. The van der Waals surface area contributed by atoms with Gasteiger partial charge in [-0.1, -0.05) is 51.0 Å². The summed E-state index contributed by atoms with van der Waals surface area (Å²) in [5.74, 6) is 0. The van der Waals surface area contributed by atoms with Crippen molar-refractivity contribution in [3.63, 3.8) is 0 Å². The highest BCUT2D eigenvalue weighted by Gasteiger charge is 2.15. The SMILES string of the molecule is C.C.C.C.C.CCP(=O)(OC)OC.CCP(C)(C)=O. The minimum absolute atomic E-state index is 0. The van der Waals surface area contributed by atoms with Crippen LogP contribution in [0.2, 0.25) is 0 Å². The first-order valence-corrected chi connectivity index (χ1v) is 9.00. The van der Waals surface area contributed by atoms with Crippen molar-refractivity contribution < 1.29 is 18.2 Å². The maximum absolute atomic E-state index is 10.9. The molecule has 4 nitrogen and oxygen atoms in total.